The maximum atomic E-state index is 12.3. The number of nitrogens with zero attached hydrogens (tertiary/aromatic N) is 3. The van der Waals surface area contributed by atoms with Crippen LogP contribution >= 0.6 is 11.3 Å². The van der Waals surface area contributed by atoms with Crippen LogP contribution in [0.15, 0.2) is 18.2 Å². The average Bonchev–Trinajstić information content (AvgIpc) is 3.02. The Labute approximate surface area is 165 Å². The Bertz CT molecular complexity index is 750. The van der Waals surface area contributed by atoms with Crippen LogP contribution in [-0.4, -0.2) is 36.4 Å². The second-order valence-electron chi connectivity index (χ2n) is 7.37. The van der Waals surface area contributed by atoms with E-state index in [4.69, 9.17) is 4.74 Å². The lowest BCUT2D eigenvalue weighted by atomic mass is 10.1. The number of nitrogens with one attached hydrogen (secondary N) is 2. The predicted octanol–water partition coefficient (Wildman–Crippen LogP) is 4.62. The number of benzene rings is 1. The topological polar surface area (TPSA) is 79.4 Å². The summed E-state index contributed by atoms with van der Waals surface area (Å²) in [6.45, 7) is 12.5. The zero-order valence-corrected chi connectivity index (χ0v) is 17.7. The van der Waals surface area contributed by atoms with Crippen molar-refractivity contribution in [2.45, 2.75) is 34.6 Å². The first-order valence-corrected chi connectivity index (χ1v) is 9.91. The Kier molecular flexibility index (Phi) is 7.41. The summed E-state index contributed by atoms with van der Waals surface area (Å²) in [6.07, 6.45) is 0. The maximum Gasteiger partial charge on any atom is 0.325 e. The normalized spacial score (nSPS) is 11.0. The largest absolute Gasteiger partial charge is 0.495 e. The number of urea groups is 1. The van der Waals surface area contributed by atoms with Gasteiger partial charge in [0, 0.05) is 13.1 Å². The first-order chi connectivity index (χ1) is 12.8. The van der Waals surface area contributed by atoms with E-state index in [-0.39, 0.29) is 6.03 Å². The Hall–Kier alpha value is -2.35. The van der Waals surface area contributed by atoms with Crippen LogP contribution in [0.3, 0.4) is 0 Å². The van der Waals surface area contributed by atoms with Gasteiger partial charge in [-0.3, -0.25) is 5.32 Å². The smallest absolute Gasteiger partial charge is 0.325 e. The Balaban J connectivity index is 2.06. The molecule has 0 atom stereocenters. The van der Waals surface area contributed by atoms with E-state index < -0.39 is 0 Å². The van der Waals surface area contributed by atoms with Gasteiger partial charge in [0.1, 0.15) is 5.75 Å². The predicted molar refractivity (Wildman–Crippen MR) is 112 cm³/mol. The number of hydrogen-bond donors (Lipinski definition) is 2. The molecular weight excluding hydrogens is 362 g/mol. The zero-order valence-electron chi connectivity index (χ0n) is 16.9. The van der Waals surface area contributed by atoms with Crippen molar-refractivity contribution in [3.8, 4) is 5.75 Å². The van der Waals surface area contributed by atoms with E-state index in [1.165, 1.54) is 11.3 Å². The van der Waals surface area contributed by atoms with Gasteiger partial charge in [-0.15, -0.1) is 10.2 Å². The van der Waals surface area contributed by atoms with E-state index in [1.807, 2.05) is 25.1 Å². The van der Waals surface area contributed by atoms with Crippen molar-refractivity contribution in [1.82, 2.24) is 10.2 Å². The van der Waals surface area contributed by atoms with E-state index in [2.05, 4.69) is 53.4 Å². The lowest BCUT2D eigenvalue weighted by molar-refractivity contribution is 0.262. The van der Waals surface area contributed by atoms with E-state index in [1.54, 1.807) is 7.11 Å². The first kappa shape index (κ1) is 21.0. The van der Waals surface area contributed by atoms with Crippen LogP contribution in [0.25, 0.3) is 0 Å². The summed E-state index contributed by atoms with van der Waals surface area (Å²) in [4.78, 5) is 14.6. The molecule has 0 bridgehead atoms. The number of carbonyl (C=O) groups excluding carboxylic acids is 1. The molecule has 0 radical (unpaired) electrons. The van der Waals surface area contributed by atoms with Gasteiger partial charge in [-0.1, -0.05) is 45.1 Å². The number of hydrogen-bond acceptors (Lipinski definition) is 6. The lowest BCUT2D eigenvalue weighted by Crippen LogP contribution is -2.31. The van der Waals surface area contributed by atoms with Crippen LogP contribution in [-0.2, 0) is 0 Å². The first-order valence-electron chi connectivity index (χ1n) is 9.09. The molecule has 2 N–H and O–H groups in total. The fourth-order valence-corrected chi connectivity index (χ4v) is 3.43. The molecule has 2 amide bonds. The van der Waals surface area contributed by atoms with Crippen LogP contribution in [0.1, 0.15) is 33.3 Å². The fraction of sp³-hybridized carbons (Fsp3) is 0.526. The molecule has 0 spiro atoms. The number of aryl methyl sites for hydroxylation is 1. The average molecular weight is 392 g/mol. The van der Waals surface area contributed by atoms with Gasteiger partial charge in [-0.05, 0) is 36.5 Å². The third-order valence-corrected chi connectivity index (χ3v) is 4.58. The number of methoxy groups -OCH3 is 1. The standard InChI is InChI=1S/C19H29N5O2S/c1-12(2)10-24(11-13(3)4)19-23-22-18(27-19)21-17(25)20-15-9-14(5)7-8-16(15)26-6/h7-9,12-13H,10-11H2,1-6H3,(H2,20,21,22,25). The summed E-state index contributed by atoms with van der Waals surface area (Å²) in [5.74, 6) is 1.64. The van der Waals surface area contributed by atoms with Crippen LogP contribution < -0.4 is 20.3 Å². The highest BCUT2D eigenvalue weighted by atomic mass is 32.1. The van der Waals surface area contributed by atoms with Gasteiger partial charge in [0.2, 0.25) is 10.3 Å². The van der Waals surface area contributed by atoms with Gasteiger partial charge in [0.05, 0.1) is 12.8 Å². The molecule has 8 heteroatoms. The highest BCUT2D eigenvalue weighted by Gasteiger charge is 2.17. The number of anilines is 3. The Morgan fingerprint density at radius 1 is 1.15 bits per heavy atom. The zero-order chi connectivity index (χ0) is 20.0. The van der Waals surface area contributed by atoms with Crippen LogP contribution in [0.5, 0.6) is 5.75 Å². The molecule has 27 heavy (non-hydrogen) atoms. The summed E-state index contributed by atoms with van der Waals surface area (Å²) in [5.41, 5.74) is 1.64. The number of rotatable bonds is 8. The van der Waals surface area contributed by atoms with Crippen molar-refractivity contribution >= 4 is 33.3 Å². The number of ether oxygens (including phenoxy) is 1. The van der Waals surface area contributed by atoms with E-state index >= 15 is 0 Å². The van der Waals surface area contributed by atoms with Crippen LogP contribution in [0, 0.1) is 18.8 Å². The number of aromatic nitrogens is 2. The lowest BCUT2D eigenvalue weighted by Gasteiger charge is -2.25. The minimum Gasteiger partial charge on any atom is -0.495 e. The van der Waals surface area contributed by atoms with Crippen LogP contribution in [0.4, 0.5) is 20.7 Å². The van der Waals surface area contributed by atoms with E-state index in [0.717, 1.165) is 23.8 Å². The molecule has 0 unspecified atom stereocenters. The maximum absolute atomic E-state index is 12.3. The SMILES string of the molecule is COc1ccc(C)cc1NC(=O)Nc1nnc(N(CC(C)C)CC(C)C)s1. The fourth-order valence-electron chi connectivity index (χ4n) is 2.68. The molecule has 0 aliphatic rings. The molecule has 0 aliphatic heterocycles. The molecular formula is C19H29N5O2S. The molecule has 0 aliphatic carbocycles. The van der Waals surface area contributed by atoms with Crippen molar-refractivity contribution in [3.05, 3.63) is 23.8 Å². The Morgan fingerprint density at radius 3 is 2.41 bits per heavy atom. The van der Waals surface area contributed by atoms with Crippen molar-refractivity contribution in [2.24, 2.45) is 11.8 Å². The third-order valence-electron chi connectivity index (χ3n) is 3.68. The highest BCUT2D eigenvalue weighted by molar-refractivity contribution is 7.19. The summed E-state index contributed by atoms with van der Waals surface area (Å²) >= 11 is 1.38. The van der Waals surface area contributed by atoms with Gasteiger partial charge < -0.3 is 15.0 Å². The number of amides is 2. The summed E-state index contributed by atoms with van der Waals surface area (Å²) in [6, 6.07) is 5.23. The molecule has 0 fully saturated rings. The summed E-state index contributed by atoms with van der Waals surface area (Å²) < 4.78 is 5.29. The molecule has 0 saturated carbocycles. The van der Waals surface area contributed by atoms with E-state index in [0.29, 0.717) is 28.4 Å². The summed E-state index contributed by atoms with van der Waals surface area (Å²) in [5, 5.41) is 15.2. The second kappa shape index (κ2) is 9.55. The molecule has 0 saturated heterocycles. The molecule has 1 aromatic carbocycles. The third kappa shape index (κ3) is 6.39. The van der Waals surface area contributed by atoms with Gasteiger partial charge in [0.25, 0.3) is 0 Å². The minimum atomic E-state index is -0.374. The molecule has 7 nitrogen and oxygen atoms in total. The highest BCUT2D eigenvalue weighted by Crippen LogP contribution is 2.27. The second-order valence-corrected chi connectivity index (χ2v) is 8.32. The monoisotopic (exact) mass is 391 g/mol. The Morgan fingerprint density at radius 2 is 1.81 bits per heavy atom. The van der Waals surface area contributed by atoms with Gasteiger partial charge in [-0.25, -0.2) is 4.79 Å². The molecule has 1 heterocycles. The molecule has 2 aromatic rings. The molecule has 2 rings (SSSR count). The van der Waals surface area contributed by atoms with Crippen molar-refractivity contribution in [2.75, 3.05) is 35.7 Å². The van der Waals surface area contributed by atoms with E-state index in [9.17, 15) is 4.79 Å². The van der Waals surface area contributed by atoms with Gasteiger partial charge >= 0.3 is 6.03 Å². The van der Waals surface area contributed by atoms with Crippen molar-refractivity contribution < 1.29 is 9.53 Å². The molecule has 1 aromatic heterocycles. The van der Waals surface area contributed by atoms with Gasteiger partial charge in [0.15, 0.2) is 0 Å². The van der Waals surface area contributed by atoms with Crippen molar-refractivity contribution in [1.29, 1.82) is 0 Å². The van der Waals surface area contributed by atoms with Crippen LogP contribution in [0.2, 0.25) is 0 Å². The van der Waals surface area contributed by atoms with Gasteiger partial charge in [-0.2, -0.15) is 0 Å². The minimum absolute atomic E-state index is 0.374. The quantitative estimate of drug-likeness (QED) is 0.686. The van der Waals surface area contributed by atoms with Crippen molar-refractivity contribution in [3.63, 3.8) is 0 Å². The summed E-state index contributed by atoms with van der Waals surface area (Å²) in [7, 11) is 1.57. The number of carbonyl (C=O) groups is 1. The molecule has 148 valence electrons.